The van der Waals surface area contributed by atoms with Gasteiger partial charge >= 0.3 is 0 Å². The molecule has 0 bridgehead atoms. The van der Waals surface area contributed by atoms with Crippen molar-refractivity contribution < 1.29 is 4.74 Å². The van der Waals surface area contributed by atoms with Crippen LogP contribution >= 0.6 is 0 Å². The van der Waals surface area contributed by atoms with Crippen LogP contribution in [0.25, 0.3) is 0 Å². The highest BCUT2D eigenvalue weighted by atomic mass is 16.5. The summed E-state index contributed by atoms with van der Waals surface area (Å²) in [7, 11) is 0. The molecule has 0 aromatic heterocycles. The summed E-state index contributed by atoms with van der Waals surface area (Å²) < 4.78 is 5.93. The highest BCUT2D eigenvalue weighted by Gasteiger charge is 2.41. The van der Waals surface area contributed by atoms with Gasteiger partial charge in [0.25, 0.3) is 0 Å². The predicted molar refractivity (Wildman–Crippen MR) is 89.8 cm³/mol. The first-order chi connectivity index (χ1) is 9.93. The average Bonchev–Trinajstić information content (AvgIpc) is 2.75. The number of benzene rings is 1. The van der Waals surface area contributed by atoms with E-state index in [-0.39, 0.29) is 5.41 Å². The van der Waals surface area contributed by atoms with Crippen LogP contribution in [0, 0.1) is 25.2 Å². The lowest BCUT2D eigenvalue weighted by molar-refractivity contribution is 0.0626. The topological polar surface area (TPSA) is 21.3 Å². The summed E-state index contributed by atoms with van der Waals surface area (Å²) in [5.74, 6) is 0.695. The van der Waals surface area contributed by atoms with E-state index in [1.54, 1.807) is 0 Å². The van der Waals surface area contributed by atoms with Gasteiger partial charge in [-0.2, -0.15) is 0 Å². The van der Waals surface area contributed by atoms with Gasteiger partial charge in [-0.3, -0.25) is 0 Å². The molecule has 1 aliphatic heterocycles. The Bertz CT molecular complexity index is 469. The summed E-state index contributed by atoms with van der Waals surface area (Å²) in [5.41, 5.74) is 4.49. The zero-order valence-electron chi connectivity index (χ0n) is 14.3. The maximum Gasteiger partial charge on any atom is 0.0619 e. The molecule has 0 spiro atoms. The fourth-order valence-corrected chi connectivity index (χ4v) is 3.33. The summed E-state index contributed by atoms with van der Waals surface area (Å²) in [4.78, 5) is 0. The van der Waals surface area contributed by atoms with E-state index >= 15 is 0 Å². The van der Waals surface area contributed by atoms with Crippen molar-refractivity contribution >= 4 is 0 Å². The van der Waals surface area contributed by atoms with Gasteiger partial charge in [-0.05, 0) is 57.2 Å². The van der Waals surface area contributed by atoms with Crippen molar-refractivity contribution in [2.45, 2.75) is 53.6 Å². The maximum atomic E-state index is 5.93. The van der Waals surface area contributed by atoms with Gasteiger partial charge in [-0.15, -0.1) is 0 Å². The highest BCUT2D eigenvalue weighted by molar-refractivity contribution is 5.31. The Labute approximate surface area is 130 Å². The molecule has 0 saturated carbocycles. The predicted octanol–water partition coefficient (Wildman–Crippen LogP) is 3.89. The molecular weight excluding hydrogens is 258 g/mol. The molecular formula is C19H31NO. The molecule has 2 unspecified atom stereocenters. The minimum atomic E-state index is 0.243. The van der Waals surface area contributed by atoms with Crippen molar-refractivity contribution in [2.75, 3.05) is 19.7 Å². The van der Waals surface area contributed by atoms with Crippen molar-refractivity contribution in [2.24, 2.45) is 11.3 Å². The average molecular weight is 289 g/mol. The van der Waals surface area contributed by atoms with Crippen molar-refractivity contribution in [1.82, 2.24) is 5.32 Å². The molecule has 1 aromatic carbocycles. The fourth-order valence-electron chi connectivity index (χ4n) is 3.33. The second-order valence-electron chi connectivity index (χ2n) is 7.26. The fraction of sp³-hybridized carbons (Fsp3) is 0.684. The third kappa shape index (κ3) is 4.08. The van der Waals surface area contributed by atoms with Crippen LogP contribution in [0.1, 0.15) is 43.9 Å². The summed E-state index contributed by atoms with van der Waals surface area (Å²) in [6, 6.07) is 6.81. The van der Waals surface area contributed by atoms with Crippen LogP contribution < -0.4 is 5.32 Å². The Morgan fingerprint density at radius 3 is 2.71 bits per heavy atom. The monoisotopic (exact) mass is 289 g/mol. The lowest BCUT2D eigenvalue weighted by Gasteiger charge is -2.34. The number of ether oxygens (including phenoxy) is 1. The summed E-state index contributed by atoms with van der Waals surface area (Å²) >= 11 is 0. The number of nitrogens with one attached hydrogen (secondary N) is 1. The lowest BCUT2D eigenvalue weighted by atomic mass is 9.75. The smallest absolute Gasteiger partial charge is 0.0619 e. The molecule has 2 heteroatoms. The van der Waals surface area contributed by atoms with E-state index in [1.807, 2.05) is 0 Å². The van der Waals surface area contributed by atoms with Gasteiger partial charge in [0.05, 0.1) is 6.10 Å². The largest absolute Gasteiger partial charge is 0.378 e. The van der Waals surface area contributed by atoms with Crippen LogP contribution in [0.4, 0.5) is 0 Å². The zero-order chi connectivity index (χ0) is 15.5. The van der Waals surface area contributed by atoms with Crippen LogP contribution in [0.3, 0.4) is 0 Å². The van der Waals surface area contributed by atoms with E-state index in [4.69, 9.17) is 4.74 Å². The van der Waals surface area contributed by atoms with Gasteiger partial charge in [-0.1, -0.05) is 37.6 Å². The van der Waals surface area contributed by atoms with Crippen molar-refractivity contribution in [3.8, 4) is 0 Å². The van der Waals surface area contributed by atoms with Gasteiger partial charge < -0.3 is 10.1 Å². The Hall–Kier alpha value is -0.860. The Morgan fingerprint density at radius 2 is 2.10 bits per heavy atom. The molecule has 1 fully saturated rings. The molecule has 0 amide bonds. The third-order valence-corrected chi connectivity index (χ3v) is 4.91. The second-order valence-corrected chi connectivity index (χ2v) is 7.26. The first-order valence-electron chi connectivity index (χ1n) is 8.31. The summed E-state index contributed by atoms with van der Waals surface area (Å²) in [6.07, 6.45) is 2.61. The molecule has 1 heterocycles. The molecule has 118 valence electrons. The molecule has 1 aromatic rings. The van der Waals surface area contributed by atoms with Crippen molar-refractivity contribution in [3.05, 3.63) is 34.9 Å². The Kier molecular flexibility index (Phi) is 5.45. The summed E-state index contributed by atoms with van der Waals surface area (Å²) in [6.45, 7) is 14.2. The van der Waals surface area contributed by atoms with Crippen LogP contribution in [0.15, 0.2) is 18.2 Å². The van der Waals surface area contributed by atoms with Gasteiger partial charge in [0, 0.05) is 18.6 Å². The first-order valence-corrected chi connectivity index (χ1v) is 8.31. The number of hydrogen-bond acceptors (Lipinski definition) is 2. The molecule has 21 heavy (non-hydrogen) atoms. The van der Waals surface area contributed by atoms with E-state index in [9.17, 15) is 0 Å². The minimum Gasteiger partial charge on any atom is -0.378 e. The molecule has 2 nitrogen and oxygen atoms in total. The van der Waals surface area contributed by atoms with Gasteiger partial charge in [0.1, 0.15) is 0 Å². The van der Waals surface area contributed by atoms with E-state index in [0.29, 0.717) is 12.0 Å². The molecule has 0 aliphatic carbocycles. The van der Waals surface area contributed by atoms with Gasteiger partial charge in [0.2, 0.25) is 0 Å². The SMILES string of the molecule is Cc1ccc(C)c(CC2(CNCC(C)C)CCOC2C)c1. The van der Waals surface area contributed by atoms with Crippen molar-refractivity contribution in [3.63, 3.8) is 0 Å². The van der Waals surface area contributed by atoms with Crippen LogP contribution in [0.5, 0.6) is 0 Å². The molecule has 1 N–H and O–H groups in total. The van der Waals surface area contributed by atoms with Gasteiger partial charge in [-0.25, -0.2) is 0 Å². The van der Waals surface area contributed by atoms with Crippen LogP contribution in [-0.2, 0) is 11.2 Å². The first kappa shape index (κ1) is 16.5. The molecule has 2 atom stereocenters. The van der Waals surface area contributed by atoms with E-state index in [1.165, 1.54) is 16.7 Å². The molecule has 1 saturated heterocycles. The number of rotatable bonds is 6. The van der Waals surface area contributed by atoms with Gasteiger partial charge in [0.15, 0.2) is 0 Å². The Balaban J connectivity index is 2.14. The van der Waals surface area contributed by atoms with Crippen LogP contribution in [-0.4, -0.2) is 25.8 Å². The second kappa shape index (κ2) is 6.93. The number of aryl methyl sites for hydroxylation is 2. The molecule has 2 rings (SSSR count). The Morgan fingerprint density at radius 1 is 1.33 bits per heavy atom. The highest BCUT2D eigenvalue weighted by Crippen LogP contribution is 2.38. The zero-order valence-corrected chi connectivity index (χ0v) is 14.3. The van der Waals surface area contributed by atoms with Crippen LogP contribution in [0.2, 0.25) is 0 Å². The minimum absolute atomic E-state index is 0.243. The quantitative estimate of drug-likeness (QED) is 0.858. The normalized spacial score (nSPS) is 25.7. The van der Waals surface area contributed by atoms with E-state index < -0.39 is 0 Å². The lowest BCUT2D eigenvalue weighted by Crippen LogP contribution is -2.42. The third-order valence-electron chi connectivity index (χ3n) is 4.91. The molecule has 0 radical (unpaired) electrons. The molecule has 1 aliphatic rings. The van der Waals surface area contributed by atoms with E-state index in [0.717, 1.165) is 32.5 Å². The standard InChI is InChI=1S/C19H31NO/c1-14(2)12-20-13-19(8-9-21-17(19)5)11-18-10-15(3)6-7-16(18)4/h6-7,10,14,17,20H,8-9,11-13H2,1-5H3. The number of hydrogen-bond donors (Lipinski definition) is 1. The van der Waals surface area contributed by atoms with E-state index in [2.05, 4.69) is 58.1 Å². The maximum absolute atomic E-state index is 5.93. The summed E-state index contributed by atoms with van der Waals surface area (Å²) in [5, 5.41) is 3.67. The van der Waals surface area contributed by atoms with Crippen molar-refractivity contribution in [1.29, 1.82) is 0 Å².